The lowest BCUT2D eigenvalue weighted by Crippen LogP contribution is -2.31. The summed E-state index contributed by atoms with van der Waals surface area (Å²) in [6.07, 6.45) is 1.60. The van der Waals surface area contributed by atoms with Gasteiger partial charge < -0.3 is 0 Å². The highest BCUT2D eigenvalue weighted by molar-refractivity contribution is 7.11. The van der Waals surface area contributed by atoms with E-state index in [4.69, 9.17) is 10.5 Å². The first-order chi connectivity index (χ1) is 12.0. The summed E-state index contributed by atoms with van der Waals surface area (Å²) in [6.45, 7) is 0. The number of nitriles is 2. The van der Waals surface area contributed by atoms with Crippen LogP contribution < -0.4 is 14.8 Å². The molecular weight excluding hydrogens is 364 g/mol. The smallest absolute Gasteiger partial charge is 0.267 e. The predicted octanol–water partition coefficient (Wildman–Crippen LogP) is 2.27. The van der Waals surface area contributed by atoms with Crippen LogP contribution in [-0.2, 0) is 0 Å². The number of halogens is 2. The summed E-state index contributed by atoms with van der Waals surface area (Å²) < 4.78 is 28.5. The second kappa shape index (κ2) is 6.81. The SMILES string of the molecule is N#CC(C#N)=c1s/c(=C/c2cccs2)c(=O)n1-c1ccc(F)cc1F. The molecule has 0 unspecified atom stereocenters. The summed E-state index contributed by atoms with van der Waals surface area (Å²) in [5.41, 5.74) is -1.12. The van der Waals surface area contributed by atoms with Crippen molar-refractivity contribution >= 4 is 34.3 Å². The van der Waals surface area contributed by atoms with Gasteiger partial charge in [-0.25, -0.2) is 8.78 Å². The average molecular weight is 371 g/mol. The highest BCUT2D eigenvalue weighted by Gasteiger charge is 2.15. The van der Waals surface area contributed by atoms with Gasteiger partial charge in [-0.2, -0.15) is 10.5 Å². The Labute approximate surface area is 148 Å². The molecule has 0 N–H and O–H groups in total. The molecular formula is C17H7F2N3OS2. The zero-order valence-corrected chi connectivity index (χ0v) is 14.0. The minimum Gasteiger partial charge on any atom is -0.267 e. The first-order valence-electron chi connectivity index (χ1n) is 6.82. The Kier molecular flexibility index (Phi) is 4.57. The van der Waals surface area contributed by atoms with Gasteiger partial charge in [0.1, 0.15) is 28.4 Å². The number of thiazole rings is 1. The molecule has 3 aromatic rings. The van der Waals surface area contributed by atoms with Gasteiger partial charge in [-0.05, 0) is 29.7 Å². The molecule has 0 amide bonds. The standard InChI is InChI=1S/C17H7F2N3OS2/c18-11-3-4-14(13(19)6-11)22-16(23)15(7-12-2-1-5-24-12)25-17(22)10(8-20)9-21/h1-7H/b15-7+. The van der Waals surface area contributed by atoms with E-state index in [0.29, 0.717) is 6.07 Å². The van der Waals surface area contributed by atoms with Gasteiger partial charge in [0.2, 0.25) is 0 Å². The van der Waals surface area contributed by atoms with Crippen LogP contribution >= 0.6 is 22.7 Å². The van der Waals surface area contributed by atoms with Gasteiger partial charge >= 0.3 is 0 Å². The molecule has 1 aromatic carbocycles. The Morgan fingerprint density at radius 3 is 2.56 bits per heavy atom. The molecule has 0 aliphatic rings. The van der Waals surface area contributed by atoms with Crippen LogP contribution in [0.15, 0.2) is 40.5 Å². The van der Waals surface area contributed by atoms with Crippen molar-refractivity contribution in [2.45, 2.75) is 0 Å². The molecule has 25 heavy (non-hydrogen) atoms. The van der Waals surface area contributed by atoms with Crippen molar-refractivity contribution in [1.82, 2.24) is 4.57 Å². The third kappa shape index (κ3) is 3.13. The van der Waals surface area contributed by atoms with Crippen molar-refractivity contribution < 1.29 is 8.78 Å². The zero-order valence-electron chi connectivity index (χ0n) is 12.4. The second-order valence-electron chi connectivity index (χ2n) is 4.77. The minimum atomic E-state index is -0.959. The summed E-state index contributed by atoms with van der Waals surface area (Å²) in [5.74, 6) is -1.75. The minimum absolute atomic E-state index is 0.00307. The van der Waals surface area contributed by atoms with Crippen LogP contribution in [0.1, 0.15) is 4.88 Å². The summed E-state index contributed by atoms with van der Waals surface area (Å²) in [7, 11) is 0. The van der Waals surface area contributed by atoms with Crippen LogP contribution in [0.4, 0.5) is 8.78 Å². The first kappa shape index (κ1) is 16.8. The lowest BCUT2D eigenvalue weighted by Gasteiger charge is -2.03. The number of rotatable bonds is 2. The van der Waals surface area contributed by atoms with Crippen molar-refractivity contribution in [3.63, 3.8) is 0 Å². The predicted molar refractivity (Wildman–Crippen MR) is 91.6 cm³/mol. The Balaban J connectivity index is 2.45. The number of benzene rings is 1. The second-order valence-corrected chi connectivity index (χ2v) is 6.78. The molecule has 0 aliphatic heterocycles. The molecule has 2 heterocycles. The van der Waals surface area contributed by atoms with Crippen LogP contribution in [0.25, 0.3) is 17.3 Å². The fourth-order valence-corrected chi connectivity index (χ4v) is 3.93. The fourth-order valence-electron chi connectivity index (χ4n) is 2.15. The van der Waals surface area contributed by atoms with E-state index >= 15 is 0 Å². The highest BCUT2D eigenvalue weighted by Crippen LogP contribution is 2.12. The maximum Gasteiger partial charge on any atom is 0.273 e. The topological polar surface area (TPSA) is 69.6 Å². The Hall–Kier alpha value is -3.07. The summed E-state index contributed by atoms with van der Waals surface area (Å²) in [4.78, 5) is 13.5. The van der Waals surface area contributed by atoms with E-state index in [1.54, 1.807) is 24.3 Å². The molecule has 4 nitrogen and oxygen atoms in total. The van der Waals surface area contributed by atoms with E-state index in [2.05, 4.69) is 0 Å². The lowest BCUT2D eigenvalue weighted by atomic mass is 10.3. The van der Waals surface area contributed by atoms with E-state index in [0.717, 1.165) is 32.9 Å². The van der Waals surface area contributed by atoms with Crippen LogP contribution in [0.5, 0.6) is 0 Å². The summed E-state index contributed by atoms with van der Waals surface area (Å²) in [5, 5.41) is 20.1. The molecule has 2 aromatic heterocycles. The normalized spacial score (nSPS) is 11.1. The number of hydrogen-bond acceptors (Lipinski definition) is 5. The van der Waals surface area contributed by atoms with Crippen molar-refractivity contribution in [3.05, 3.63) is 71.8 Å². The Morgan fingerprint density at radius 2 is 1.96 bits per heavy atom. The number of aromatic nitrogens is 1. The van der Waals surface area contributed by atoms with Crippen LogP contribution in [0.2, 0.25) is 0 Å². The first-order valence-corrected chi connectivity index (χ1v) is 8.52. The monoisotopic (exact) mass is 371 g/mol. The quantitative estimate of drug-likeness (QED) is 0.694. The van der Waals surface area contributed by atoms with Gasteiger partial charge in [-0.1, -0.05) is 6.07 Å². The van der Waals surface area contributed by atoms with Gasteiger partial charge in [0.25, 0.3) is 5.56 Å². The Bertz CT molecular complexity index is 1190. The molecule has 0 saturated heterocycles. The number of thiophene rings is 1. The van der Waals surface area contributed by atoms with Crippen molar-refractivity contribution in [2.24, 2.45) is 0 Å². The largest absolute Gasteiger partial charge is 0.273 e. The van der Waals surface area contributed by atoms with Gasteiger partial charge in [-0.3, -0.25) is 9.36 Å². The lowest BCUT2D eigenvalue weighted by molar-refractivity contribution is 0.576. The maximum atomic E-state index is 14.2. The third-order valence-electron chi connectivity index (χ3n) is 3.23. The van der Waals surface area contributed by atoms with Crippen LogP contribution in [0.3, 0.4) is 0 Å². The number of hydrogen-bond donors (Lipinski definition) is 0. The number of nitrogens with zero attached hydrogens (tertiary/aromatic N) is 3. The van der Waals surface area contributed by atoms with E-state index < -0.39 is 17.2 Å². The average Bonchev–Trinajstić information content (AvgIpc) is 3.19. The highest BCUT2D eigenvalue weighted by atomic mass is 32.1. The van der Waals surface area contributed by atoms with E-state index in [1.807, 2.05) is 11.4 Å². The Morgan fingerprint density at radius 1 is 1.20 bits per heavy atom. The van der Waals surface area contributed by atoms with E-state index in [-0.39, 0.29) is 20.5 Å². The third-order valence-corrected chi connectivity index (χ3v) is 5.14. The van der Waals surface area contributed by atoms with Crippen LogP contribution in [0, 0.1) is 34.3 Å². The van der Waals surface area contributed by atoms with Gasteiger partial charge in [0.15, 0.2) is 5.57 Å². The molecule has 0 fully saturated rings. The van der Waals surface area contributed by atoms with Crippen LogP contribution in [-0.4, -0.2) is 4.57 Å². The molecule has 0 bridgehead atoms. The molecule has 0 spiro atoms. The van der Waals surface area contributed by atoms with Gasteiger partial charge in [0, 0.05) is 10.9 Å². The maximum absolute atomic E-state index is 14.2. The van der Waals surface area contributed by atoms with Crippen molar-refractivity contribution in [1.29, 1.82) is 10.5 Å². The molecule has 8 heteroatoms. The molecule has 122 valence electrons. The molecule has 3 rings (SSSR count). The molecule has 0 radical (unpaired) electrons. The molecule has 0 aliphatic carbocycles. The molecule has 0 atom stereocenters. The summed E-state index contributed by atoms with van der Waals surface area (Å²) >= 11 is 2.31. The fraction of sp³-hybridized carbons (Fsp3) is 0. The molecule has 0 saturated carbocycles. The van der Waals surface area contributed by atoms with Crippen molar-refractivity contribution in [2.75, 3.05) is 0 Å². The van der Waals surface area contributed by atoms with Gasteiger partial charge in [0.05, 0.1) is 10.2 Å². The van der Waals surface area contributed by atoms with E-state index in [9.17, 15) is 13.6 Å². The zero-order chi connectivity index (χ0) is 18.0. The van der Waals surface area contributed by atoms with E-state index in [1.165, 1.54) is 11.3 Å². The van der Waals surface area contributed by atoms with Gasteiger partial charge in [-0.15, -0.1) is 22.7 Å². The summed E-state index contributed by atoms with van der Waals surface area (Å²) in [6, 6.07) is 9.77. The van der Waals surface area contributed by atoms with Crippen molar-refractivity contribution in [3.8, 4) is 17.8 Å².